The van der Waals surface area contributed by atoms with Gasteiger partial charge in [0.25, 0.3) is 0 Å². The number of methoxy groups -OCH3 is 1. The molecule has 154 valence electrons. The number of ether oxygens (including phenoxy) is 2. The summed E-state index contributed by atoms with van der Waals surface area (Å²) in [6.07, 6.45) is 2.80. The SMILES string of the molecule is CCOC(=O)C(CCc1ccccc1)C(=O)c1ccc(CCCC(=O)OC)cc1. The van der Waals surface area contributed by atoms with E-state index in [1.807, 2.05) is 42.5 Å². The number of hydrogen-bond donors (Lipinski definition) is 0. The third-order valence-electron chi connectivity index (χ3n) is 4.76. The third kappa shape index (κ3) is 7.18. The minimum absolute atomic E-state index is 0.222. The monoisotopic (exact) mass is 396 g/mol. The number of esters is 2. The molecule has 2 rings (SSSR count). The highest BCUT2D eigenvalue weighted by Crippen LogP contribution is 2.19. The van der Waals surface area contributed by atoms with Crippen molar-refractivity contribution in [3.05, 3.63) is 71.3 Å². The van der Waals surface area contributed by atoms with Crippen LogP contribution in [0.25, 0.3) is 0 Å². The van der Waals surface area contributed by atoms with Crippen LogP contribution >= 0.6 is 0 Å². The van der Waals surface area contributed by atoms with Crippen molar-refractivity contribution in [2.75, 3.05) is 13.7 Å². The van der Waals surface area contributed by atoms with Crippen molar-refractivity contribution < 1.29 is 23.9 Å². The number of ketones is 1. The third-order valence-corrected chi connectivity index (χ3v) is 4.76. The summed E-state index contributed by atoms with van der Waals surface area (Å²) < 4.78 is 9.78. The molecular formula is C24H28O5. The lowest BCUT2D eigenvalue weighted by molar-refractivity contribution is -0.146. The summed E-state index contributed by atoms with van der Waals surface area (Å²) >= 11 is 0. The molecule has 0 saturated carbocycles. The highest BCUT2D eigenvalue weighted by atomic mass is 16.5. The van der Waals surface area contributed by atoms with E-state index in [4.69, 9.17) is 4.74 Å². The van der Waals surface area contributed by atoms with Gasteiger partial charge in [-0.2, -0.15) is 0 Å². The Labute approximate surface area is 172 Å². The predicted molar refractivity (Wildman–Crippen MR) is 111 cm³/mol. The normalized spacial score (nSPS) is 11.5. The summed E-state index contributed by atoms with van der Waals surface area (Å²) in [6.45, 7) is 1.98. The molecule has 1 unspecified atom stereocenters. The van der Waals surface area contributed by atoms with E-state index in [9.17, 15) is 14.4 Å². The van der Waals surface area contributed by atoms with Crippen LogP contribution in [0.1, 0.15) is 47.7 Å². The maximum atomic E-state index is 13.0. The zero-order valence-electron chi connectivity index (χ0n) is 17.1. The number of aryl methyl sites for hydroxylation is 2. The number of carbonyl (C=O) groups excluding carboxylic acids is 3. The number of carbonyl (C=O) groups is 3. The molecule has 29 heavy (non-hydrogen) atoms. The van der Waals surface area contributed by atoms with Gasteiger partial charge in [0.1, 0.15) is 5.92 Å². The molecule has 0 aliphatic carbocycles. The van der Waals surface area contributed by atoms with Gasteiger partial charge in [-0.25, -0.2) is 0 Å². The van der Waals surface area contributed by atoms with Crippen LogP contribution in [-0.2, 0) is 31.9 Å². The smallest absolute Gasteiger partial charge is 0.316 e. The summed E-state index contributed by atoms with van der Waals surface area (Å²) in [6, 6.07) is 17.0. The number of hydrogen-bond acceptors (Lipinski definition) is 5. The minimum Gasteiger partial charge on any atom is -0.469 e. The summed E-state index contributed by atoms with van der Waals surface area (Å²) in [5, 5.41) is 0. The van der Waals surface area contributed by atoms with E-state index in [0.717, 1.165) is 17.5 Å². The Morgan fingerprint density at radius 2 is 1.55 bits per heavy atom. The van der Waals surface area contributed by atoms with E-state index in [0.29, 0.717) is 31.2 Å². The van der Waals surface area contributed by atoms with Gasteiger partial charge in [-0.05, 0) is 43.7 Å². The van der Waals surface area contributed by atoms with Crippen molar-refractivity contribution in [3.8, 4) is 0 Å². The molecule has 0 fully saturated rings. The number of rotatable bonds is 11. The van der Waals surface area contributed by atoms with Gasteiger partial charge < -0.3 is 9.47 Å². The van der Waals surface area contributed by atoms with Gasteiger partial charge in [-0.15, -0.1) is 0 Å². The van der Waals surface area contributed by atoms with Crippen molar-refractivity contribution in [2.45, 2.75) is 39.0 Å². The topological polar surface area (TPSA) is 69.7 Å². The van der Waals surface area contributed by atoms with Crippen molar-refractivity contribution >= 4 is 17.7 Å². The minimum atomic E-state index is -0.819. The second kappa shape index (κ2) is 11.8. The average Bonchev–Trinajstić information content (AvgIpc) is 2.75. The Morgan fingerprint density at radius 3 is 2.17 bits per heavy atom. The van der Waals surface area contributed by atoms with E-state index in [1.54, 1.807) is 19.1 Å². The molecule has 0 N–H and O–H groups in total. The lowest BCUT2D eigenvalue weighted by atomic mass is 9.91. The van der Waals surface area contributed by atoms with E-state index < -0.39 is 11.9 Å². The van der Waals surface area contributed by atoms with Crippen LogP contribution in [0.4, 0.5) is 0 Å². The van der Waals surface area contributed by atoms with Crippen LogP contribution in [0.15, 0.2) is 54.6 Å². The maximum Gasteiger partial charge on any atom is 0.316 e. The van der Waals surface area contributed by atoms with Crippen LogP contribution in [0.2, 0.25) is 0 Å². The van der Waals surface area contributed by atoms with Gasteiger partial charge in [0.15, 0.2) is 5.78 Å². The Bertz CT molecular complexity index is 796. The Kier molecular flexibility index (Phi) is 9.09. The van der Waals surface area contributed by atoms with Crippen LogP contribution < -0.4 is 0 Å². The fourth-order valence-electron chi connectivity index (χ4n) is 3.13. The zero-order valence-corrected chi connectivity index (χ0v) is 17.1. The summed E-state index contributed by atoms with van der Waals surface area (Å²) in [5.74, 6) is -1.75. The number of Topliss-reactive ketones (excluding diaryl/α,β-unsaturated/α-hetero) is 1. The lowest BCUT2D eigenvalue weighted by Crippen LogP contribution is -2.27. The molecule has 0 aliphatic heterocycles. The molecule has 0 heterocycles. The second-order valence-corrected chi connectivity index (χ2v) is 6.82. The van der Waals surface area contributed by atoms with Gasteiger partial charge in [0, 0.05) is 12.0 Å². The predicted octanol–water partition coefficient (Wildman–Crippen LogP) is 4.18. The Balaban J connectivity index is 2.03. The van der Waals surface area contributed by atoms with Crippen LogP contribution in [0, 0.1) is 5.92 Å². The van der Waals surface area contributed by atoms with E-state index >= 15 is 0 Å². The van der Waals surface area contributed by atoms with Crippen LogP contribution in [-0.4, -0.2) is 31.4 Å². The largest absolute Gasteiger partial charge is 0.469 e. The lowest BCUT2D eigenvalue weighted by Gasteiger charge is -2.15. The van der Waals surface area contributed by atoms with E-state index in [2.05, 4.69) is 4.74 Å². The second-order valence-electron chi connectivity index (χ2n) is 6.82. The fraction of sp³-hybridized carbons (Fsp3) is 0.375. The van der Waals surface area contributed by atoms with Crippen LogP contribution in [0.5, 0.6) is 0 Å². The first-order valence-electron chi connectivity index (χ1n) is 9.95. The van der Waals surface area contributed by atoms with Gasteiger partial charge in [0.2, 0.25) is 0 Å². The van der Waals surface area contributed by atoms with Gasteiger partial charge >= 0.3 is 11.9 Å². The zero-order chi connectivity index (χ0) is 21.1. The fourth-order valence-corrected chi connectivity index (χ4v) is 3.13. The molecule has 0 radical (unpaired) electrons. The quantitative estimate of drug-likeness (QED) is 0.324. The summed E-state index contributed by atoms with van der Waals surface area (Å²) in [4.78, 5) is 36.6. The highest BCUT2D eigenvalue weighted by molar-refractivity contribution is 6.08. The Morgan fingerprint density at radius 1 is 0.897 bits per heavy atom. The van der Waals surface area contributed by atoms with Crippen molar-refractivity contribution in [1.82, 2.24) is 0 Å². The molecule has 5 nitrogen and oxygen atoms in total. The summed E-state index contributed by atoms with van der Waals surface area (Å²) in [5.41, 5.74) is 2.60. The van der Waals surface area contributed by atoms with Gasteiger partial charge in [-0.1, -0.05) is 54.6 Å². The van der Waals surface area contributed by atoms with Crippen molar-refractivity contribution in [2.24, 2.45) is 5.92 Å². The molecule has 0 spiro atoms. The first-order chi connectivity index (χ1) is 14.0. The highest BCUT2D eigenvalue weighted by Gasteiger charge is 2.28. The number of benzene rings is 2. The van der Waals surface area contributed by atoms with Crippen molar-refractivity contribution in [3.63, 3.8) is 0 Å². The average molecular weight is 396 g/mol. The molecule has 2 aromatic rings. The molecule has 0 aromatic heterocycles. The van der Waals surface area contributed by atoms with Gasteiger partial charge in [0.05, 0.1) is 13.7 Å². The van der Waals surface area contributed by atoms with E-state index in [1.165, 1.54) is 7.11 Å². The molecule has 0 saturated heterocycles. The van der Waals surface area contributed by atoms with Gasteiger partial charge in [-0.3, -0.25) is 14.4 Å². The molecular weight excluding hydrogens is 368 g/mol. The van der Waals surface area contributed by atoms with Crippen LogP contribution in [0.3, 0.4) is 0 Å². The first kappa shape index (κ1) is 22.3. The van der Waals surface area contributed by atoms with E-state index in [-0.39, 0.29) is 18.4 Å². The molecule has 0 amide bonds. The molecule has 2 aromatic carbocycles. The summed E-state index contributed by atoms with van der Waals surface area (Å²) in [7, 11) is 1.38. The standard InChI is InChI=1S/C24H28O5/c1-3-29-24(27)21(17-14-18-8-5-4-6-9-18)23(26)20-15-12-19(13-16-20)10-7-11-22(25)28-2/h4-6,8-9,12-13,15-16,21H,3,7,10-11,14,17H2,1-2H3. The first-order valence-corrected chi connectivity index (χ1v) is 9.95. The maximum absolute atomic E-state index is 13.0. The molecule has 0 aliphatic rings. The van der Waals surface area contributed by atoms with Crippen molar-refractivity contribution in [1.29, 1.82) is 0 Å². The molecule has 0 bridgehead atoms. The molecule has 1 atom stereocenters. The molecule has 5 heteroatoms. The Hall–Kier alpha value is -2.95.